The lowest BCUT2D eigenvalue weighted by atomic mass is 9.89. The standard InChI is InChI=1S/C28H26F3N3O4S/c1-4-17-8-7-9-18-13-39-21-11-6-5-10-19(21)23(22(17)18)34-14-32(16(3)28(29,30)31)27(38)24-26(37)25(36)20(15(2)35)12-33(24)34/h5-12,16,23,37H,4,13-14H2,1-3H3/t16-,23-/m1/s1. The molecule has 0 aliphatic carbocycles. The van der Waals surface area contributed by atoms with Crippen LogP contribution in [0.15, 0.2) is 58.4 Å². The number of thioether (sulfide) groups is 1. The van der Waals surface area contributed by atoms with E-state index in [9.17, 15) is 32.7 Å². The molecule has 1 aromatic heterocycles. The summed E-state index contributed by atoms with van der Waals surface area (Å²) in [5.41, 5.74) is 1.54. The molecule has 2 atom stereocenters. The number of ketones is 1. The van der Waals surface area contributed by atoms with E-state index in [1.165, 1.54) is 9.69 Å². The molecule has 0 saturated carbocycles. The first-order valence-electron chi connectivity index (χ1n) is 12.4. The molecule has 0 radical (unpaired) electrons. The maximum Gasteiger partial charge on any atom is 0.408 e. The summed E-state index contributed by atoms with van der Waals surface area (Å²) in [4.78, 5) is 40.1. The number of rotatable bonds is 4. The second-order valence-corrected chi connectivity index (χ2v) is 10.6. The molecule has 0 spiro atoms. The van der Waals surface area contributed by atoms with Gasteiger partial charge in [-0.2, -0.15) is 13.2 Å². The Hall–Kier alpha value is -3.73. The second kappa shape index (κ2) is 9.78. The largest absolute Gasteiger partial charge is 0.502 e. The van der Waals surface area contributed by atoms with Crippen molar-refractivity contribution in [2.24, 2.45) is 0 Å². The Kier molecular flexibility index (Phi) is 6.74. The molecule has 1 N–H and O–H groups in total. The van der Waals surface area contributed by atoms with Gasteiger partial charge >= 0.3 is 6.18 Å². The first-order valence-corrected chi connectivity index (χ1v) is 13.4. The van der Waals surface area contributed by atoms with Crippen molar-refractivity contribution < 1.29 is 27.9 Å². The number of fused-ring (bicyclic) bond motifs is 3. The average Bonchev–Trinajstić information content (AvgIpc) is 3.06. The summed E-state index contributed by atoms with van der Waals surface area (Å²) in [5, 5.41) is 12.4. The number of aromatic hydroxyl groups is 1. The Morgan fingerprint density at radius 2 is 1.87 bits per heavy atom. The van der Waals surface area contributed by atoms with Gasteiger partial charge in [0.15, 0.2) is 17.2 Å². The van der Waals surface area contributed by atoms with Crippen LogP contribution in [0.4, 0.5) is 13.2 Å². The second-order valence-electron chi connectivity index (χ2n) is 9.62. The number of alkyl halides is 3. The summed E-state index contributed by atoms with van der Waals surface area (Å²) < 4.78 is 43.1. The Balaban J connectivity index is 1.86. The first-order chi connectivity index (χ1) is 18.5. The SMILES string of the molecule is CCc1cccc2c1[C@H](N1CN([C@H](C)C(F)(F)F)C(=O)c3c(O)c(=O)c(C(C)=O)cn31)c1ccccc1SC2. The number of hydrogen-bond acceptors (Lipinski definition) is 6. The van der Waals surface area contributed by atoms with Gasteiger partial charge in [0.05, 0.1) is 11.6 Å². The number of aromatic nitrogens is 1. The van der Waals surface area contributed by atoms with Gasteiger partial charge in [-0.15, -0.1) is 11.8 Å². The van der Waals surface area contributed by atoms with E-state index >= 15 is 0 Å². The molecule has 0 bridgehead atoms. The maximum absolute atomic E-state index is 14.0. The van der Waals surface area contributed by atoms with Crippen molar-refractivity contribution in [2.75, 3.05) is 11.7 Å². The van der Waals surface area contributed by atoms with Gasteiger partial charge < -0.3 is 10.0 Å². The molecule has 5 rings (SSSR count). The van der Waals surface area contributed by atoms with Gasteiger partial charge in [-0.3, -0.25) is 24.1 Å². The minimum Gasteiger partial charge on any atom is -0.502 e. The van der Waals surface area contributed by atoms with Crippen LogP contribution in [-0.4, -0.2) is 45.3 Å². The lowest BCUT2D eigenvalue weighted by Gasteiger charge is -2.46. The van der Waals surface area contributed by atoms with E-state index in [-0.39, 0.29) is 5.56 Å². The summed E-state index contributed by atoms with van der Waals surface area (Å²) in [6.45, 7) is 3.50. The van der Waals surface area contributed by atoms with E-state index < -0.39 is 53.5 Å². The fourth-order valence-corrected chi connectivity index (χ4v) is 6.34. The van der Waals surface area contributed by atoms with Crippen LogP contribution in [0.1, 0.15) is 69.9 Å². The zero-order valence-electron chi connectivity index (χ0n) is 21.5. The highest BCUT2D eigenvalue weighted by Crippen LogP contribution is 2.45. The Bertz CT molecular complexity index is 1550. The highest BCUT2D eigenvalue weighted by molar-refractivity contribution is 7.98. The van der Waals surface area contributed by atoms with E-state index in [2.05, 4.69) is 0 Å². The predicted octanol–water partition coefficient (Wildman–Crippen LogP) is 5.02. The smallest absolute Gasteiger partial charge is 0.408 e. The van der Waals surface area contributed by atoms with Crippen molar-refractivity contribution in [1.29, 1.82) is 0 Å². The molecular formula is C28H26F3N3O4S. The van der Waals surface area contributed by atoms with Crippen molar-refractivity contribution >= 4 is 23.5 Å². The van der Waals surface area contributed by atoms with Gasteiger partial charge in [-0.25, -0.2) is 0 Å². The van der Waals surface area contributed by atoms with Crippen LogP contribution in [0.25, 0.3) is 0 Å². The minimum atomic E-state index is -4.76. The van der Waals surface area contributed by atoms with E-state index in [0.29, 0.717) is 17.1 Å². The lowest BCUT2D eigenvalue weighted by molar-refractivity contribution is -0.173. The van der Waals surface area contributed by atoms with E-state index in [1.807, 2.05) is 49.4 Å². The van der Waals surface area contributed by atoms with Crippen LogP contribution >= 0.6 is 11.8 Å². The molecule has 11 heteroatoms. The number of benzene rings is 2. The van der Waals surface area contributed by atoms with Gasteiger partial charge in [0, 0.05) is 16.8 Å². The number of carbonyl (C=O) groups is 2. The molecule has 1 amide bonds. The number of carbonyl (C=O) groups excluding carboxylic acids is 2. The Morgan fingerprint density at radius 3 is 2.54 bits per heavy atom. The molecule has 0 unspecified atom stereocenters. The van der Waals surface area contributed by atoms with Crippen molar-refractivity contribution in [3.05, 3.63) is 92.4 Å². The summed E-state index contributed by atoms with van der Waals surface area (Å²) in [6.07, 6.45) is -2.96. The van der Waals surface area contributed by atoms with Crippen molar-refractivity contribution in [3.8, 4) is 5.75 Å². The van der Waals surface area contributed by atoms with Crippen LogP contribution in [-0.2, 0) is 12.2 Å². The van der Waals surface area contributed by atoms with Crippen LogP contribution in [0.3, 0.4) is 0 Å². The average molecular weight is 558 g/mol. The molecular weight excluding hydrogens is 531 g/mol. The van der Waals surface area contributed by atoms with E-state index in [4.69, 9.17) is 0 Å². The first kappa shape index (κ1) is 26.9. The minimum absolute atomic E-state index is 0.369. The van der Waals surface area contributed by atoms with E-state index in [1.54, 1.807) is 11.8 Å². The van der Waals surface area contributed by atoms with Crippen molar-refractivity contribution in [1.82, 2.24) is 9.58 Å². The molecule has 39 heavy (non-hydrogen) atoms. The lowest BCUT2D eigenvalue weighted by Crippen LogP contribution is -2.60. The number of hydrogen-bond donors (Lipinski definition) is 1. The molecule has 2 aromatic carbocycles. The fraction of sp³-hybridized carbons (Fsp3) is 0.321. The van der Waals surface area contributed by atoms with Crippen LogP contribution in [0, 0.1) is 0 Å². The molecule has 3 aromatic rings. The number of aryl methyl sites for hydroxylation is 1. The third kappa shape index (κ3) is 4.38. The molecule has 3 heterocycles. The molecule has 0 fully saturated rings. The maximum atomic E-state index is 14.0. The van der Waals surface area contributed by atoms with Gasteiger partial charge in [-0.1, -0.05) is 43.3 Å². The van der Waals surface area contributed by atoms with Crippen LogP contribution < -0.4 is 10.4 Å². The summed E-state index contributed by atoms with van der Waals surface area (Å²) in [7, 11) is 0. The molecule has 0 saturated heterocycles. The number of pyridine rings is 1. The van der Waals surface area contributed by atoms with Crippen LogP contribution in [0.5, 0.6) is 5.75 Å². The zero-order valence-corrected chi connectivity index (χ0v) is 22.3. The predicted molar refractivity (Wildman–Crippen MR) is 141 cm³/mol. The normalized spacial score (nSPS) is 17.7. The fourth-order valence-electron chi connectivity index (χ4n) is 5.26. The molecule has 2 aliphatic rings. The number of Topliss-reactive ketones (excluding diaryl/α,β-unsaturated/α-hetero) is 1. The van der Waals surface area contributed by atoms with Crippen molar-refractivity contribution in [2.45, 2.75) is 56.1 Å². The number of nitrogens with zero attached hydrogens (tertiary/aromatic N) is 3. The summed E-state index contributed by atoms with van der Waals surface area (Å²) in [6, 6.07) is 10.5. The van der Waals surface area contributed by atoms with Gasteiger partial charge in [0.2, 0.25) is 5.43 Å². The highest BCUT2D eigenvalue weighted by atomic mass is 32.2. The van der Waals surface area contributed by atoms with Gasteiger partial charge in [0.25, 0.3) is 5.91 Å². The molecule has 2 aliphatic heterocycles. The summed E-state index contributed by atoms with van der Waals surface area (Å²) >= 11 is 1.60. The zero-order chi connectivity index (χ0) is 28.2. The summed E-state index contributed by atoms with van der Waals surface area (Å²) in [5.74, 6) is -2.23. The topological polar surface area (TPSA) is 82.8 Å². The Morgan fingerprint density at radius 1 is 1.15 bits per heavy atom. The third-order valence-electron chi connectivity index (χ3n) is 7.36. The quantitative estimate of drug-likeness (QED) is 0.454. The van der Waals surface area contributed by atoms with Crippen LogP contribution in [0.2, 0.25) is 0 Å². The van der Waals surface area contributed by atoms with Gasteiger partial charge in [-0.05, 0) is 48.6 Å². The number of halogens is 3. The van der Waals surface area contributed by atoms with Crippen molar-refractivity contribution in [3.63, 3.8) is 0 Å². The third-order valence-corrected chi connectivity index (χ3v) is 8.50. The van der Waals surface area contributed by atoms with Gasteiger partial charge in [0.1, 0.15) is 12.7 Å². The molecule has 7 nitrogen and oxygen atoms in total. The van der Waals surface area contributed by atoms with E-state index in [0.717, 1.165) is 47.2 Å². The highest BCUT2D eigenvalue weighted by Gasteiger charge is 2.48. The number of amides is 1. The Labute approximate surface area is 226 Å². The molecule has 204 valence electrons. The monoisotopic (exact) mass is 557 g/mol.